The van der Waals surface area contributed by atoms with E-state index in [4.69, 9.17) is 8.83 Å². The minimum absolute atomic E-state index is 0.903. The van der Waals surface area contributed by atoms with Crippen LogP contribution in [0.2, 0.25) is 0 Å². The van der Waals surface area contributed by atoms with Crippen molar-refractivity contribution in [1.29, 1.82) is 0 Å². The van der Waals surface area contributed by atoms with Crippen molar-refractivity contribution in [2.75, 3.05) is 0 Å². The summed E-state index contributed by atoms with van der Waals surface area (Å²) >= 11 is 0. The quantitative estimate of drug-likeness (QED) is 0.186. The second kappa shape index (κ2) is 9.57. The zero-order valence-corrected chi connectivity index (χ0v) is 25.8. The molecule has 0 saturated carbocycles. The molecule has 0 spiro atoms. The highest BCUT2D eigenvalue weighted by atomic mass is 16.3. The standard InChI is InChI=1S/C46H26O2/c1-2-8-27(9-3-1)32-11-6-13-37-39-26-30(20-25-41(39)48-46(32)37)31-21-16-28-19-24-36-33(22-17-29-18-23-35(31)43(28)44(29)36)34-12-7-15-42-45(34)38-10-4-5-14-40(38)47-42/h1-26H. The molecule has 2 aromatic heterocycles. The lowest BCUT2D eigenvalue weighted by atomic mass is 9.86. The predicted molar refractivity (Wildman–Crippen MR) is 201 cm³/mol. The van der Waals surface area contributed by atoms with Crippen molar-refractivity contribution in [3.63, 3.8) is 0 Å². The van der Waals surface area contributed by atoms with Gasteiger partial charge >= 0.3 is 0 Å². The fourth-order valence-electron chi connectivity index (χ4n) is 8.10. The number of hydrogen-bond acceptors (Lipinski definition) is 2. The third-order valence-corrected chi connectivity index (χ3v) is 10.2. The summed E-state index contributed by atoms with van der Waals surface area (Å²) in [5.41, 5.74) is 10.8. The van der Waals surface area contributed by atoms with Crippen LogP contribution in [0.1, 0.15) is 0 Å². The van der Waals surface area contributed by atoms with Crippen molar-refractivity contribution in [2.24, 2.45) is 0 Å². The molecule has 0 fully saturated rings. The highest BCUT2D eigenvalue weighted by Crippen LogP contribution is 2.45. The van der Waals surface area contributed by atoms with Crippen molar-refractivity contribution >= 4 is 76.2 Å². The molecule has 48 heavy (non-hydrogen) atoms. The predicted octanol–water partition coefficient (Wildman–Crippen LogP) is 13.4. The van der Waals surface area contributed by atoms with Crippen molar-refractivity contribution < 1.29 is 8.83 Å². The molecule has 0 amide bonds. The lowest BCUT2D eigenvalue weighted by molar-refractivity contribution is 0.669. The summed E-state index contributed by atoms with van der Waals surface area (Å²) in [6.45, 7) is 0. The van der Waals surface area contributed by atoms with Crippen LogP contribution in [0.25, 0.3) is 110 Å². The van der Waals surface area contributed by atoms with Gasteiger partial charge in [0.2, 0.25) is 0 Å². The fourth-order valence-corrected chi connectivity index (χ4v) is 8.10. The zero-order valence-electron chi connectivity index (χ0n) is 25.8. The highest BCUT2D eigenvalue weighted by Gasteiger charge is 2.19. The van der Waals surface area contributed by atoms with Crippen LogP contribution >= 0.6 is 0 Å². The zero-order chi connectivity index (χ0) is 31.3. The van der Waals surface area contributed by atoms with E-state index >= 15 is 0 Å². The van der Waals surface area contributed by atoms with Gasteiger partial charge in [-0.25, -0.2) is 0 Å². The molecule has 0 atom stereocenters. The second-order valence-electron chi connectivity index (χ2n) is 12.8. The van der Waals surface area contributed by atoms with Crippen LogP contribution < -0.4 is 0 Å². The van der Waals surface area contributed by atoms with E-state index in [2.05, 4.69) is 146 Å². The Morgan fingerprint density at radius 2 is 0.938 bits per heavy atom. The molecule has 0 aliphatic rings. The van der Waals surface area contributed by atoms with Crippen LogP contribution in [0.4, 0.5) is 0 Å². The van der Waals surface area contributed by atoms with Gasteiger partial charge in [0.05, 0.1) is 0 Å². The number of rotatable bonds is 3. The summed E-state index contributed by atoms with van der Waals surface area (Å²) in [6, 6.07) is 56.6. The van der Waals surface area contributed by atoms with Crippen LogP contribution in [0.15, 0.2) is 167 Å². The van der Waals surface area contributed by atoms with Crippen molar-refractivity contribution in [3.8, 4) is 33.4 Å². The van der Waals surface area contributed by atoms with Crippen LogP contribution in [0.3, 0.4) is 0 Å². The Balaban J connectivity index is 1.14. The van der Waals surface area contributed by atoms with E-state index in [9.17, 15) is 0 Å². The molecule has 2 heteroatoms. The van der Waals surface area contributed by atoms with Crippen molar-refractivity contribution in [2.45, 2.75) is 0 Å². The van der Waals surface area contributed by atoms with Gasteiger partial charge in [-0.05, 0) is 84.4 Å². The molecule has 0 saturated heterocycles. The Kier molecular flexibility index (Phi) is 5.14. The minimum atomic E-state index is 0.903. The molecule has 0 radical (unpaired) electrons. The maximum absolute atomic E-state index is 6.51. The van der Waals surface area contributed by atoms with Gasteiger partial charge in [-0.1, -0.05) is 133 Å². The molecule has 0 bridgehead atoms. The number of benzene rings is 9. The molecule has 11 aromatic rings. The van der Waals surface area contributed by atoms with E-state index in [1.807, 2.05) is 12.1 Å². The molecule has 9 aromatic carbocycles. The second-order valence-corrected chi connectivity index (χ2v) is 12.8. The van der Waals surface area contributed by atoms with Gasteiger partial charge in [-0.2, -0.15) is 0 Å². The summed E-state index contributed by atoms with van der Waals surface area (Å²) in [5.74, 6) is 0. The Labute approximate surface area is 275 Å². The van der Waals surface area contributed by atoms with E-state index in [1.54, 1.807) is 0 Å². The van der Waals surface area contributed by atoms with Gasteiger partial charge in [0, 0.05) is 27.1 Å². The first-order valence-corrected chi connectivity index (χ1v) is 16.4. The molecule has 0 N–H and O–H groups in total. The largest absolute Gasteiger partial charge is 0.456 e. The Hall–Kier alpha value is -6.38. The topological polar surface area (TPSA) is 26.3 Å². The molecule has 0 aliphatic carbocycles. The molecule has 0 unspecified atom stereocenters. The van der Waals surface area contributed by atoms with Crippen LogP contribution in [0.5, 0.6) is 0 Å². The smallest absolute Gasteiger partial charge is 0.143 e. The molecule has 11 rings (SSSR count). The van der Waals surface area contributed by atoms with E-state index < -0.39 is 0 Å². The summed E-state index contributed by atoms with van der Waals surface area (Å²) in [4.78, 5) is 0. The molecule has 2 nitrogen and oxygen atoms in total. The van der Waals surface area contributed by atoms with Gasteiger partial charge < -0.3 is 8.83 Å². The average molecular weight is 611 g/mol. The first-order valence-electron chi connectivity index (χ1n) is 16.4. The number of fused-ring (bicyclic) bond motifs is 6. The molecular weight excluding hydrogens is 585 g/mol. The third kappa shape index (κ3) is 3.52. The van der Waals surface area contributed by atoms with E-state index in [0.717, 1.165) is 49.6 Å². The molecular formula is C46H26O2. The van der Waals surface area contributed by atoms with Crippen LogP contribution in [-0.4, -0.2) is 0 Å². The fraction of sp³-hybridized carbons (Fsp3) is 0. The molecule has 0 aliphatic heterocycles. The van der Waals surface area contributed by atoms with Crippen LogP contribution in [-0.2, 0) is 0 Å². The van der Waals surface area contributed by atoms with Gasteiger partial charge in [-0.15, -0.1) is 0 Å². The normalized spacial score (nSPS) is 12.2. The Morgan fingerprint density at radius 3 is 1.79 bits per heavy atom. The lowest BCUT2D eigenvalue weighted by Gasteiger charge is -2.17. The van der Waals surface area contributed by atoms with Crippen LogP contribution in [0, 0.1) is 0 Å². The third-order valence-electron chi connectivity index (χ3n) is 10.2. The summed E-state index contributed by atoms with van der Waals surface area (Å²) < 4.78 is 12.8. The maximum atomic E-state index is 6.51. The van der Waals surface area contributed by atoms with Crippen molar-refractivity contribution in [3.05, 3.63) is 158 Å². The van der Waals surface area contributed by atoms with Gasteiger partial charge in [-0.3, -0.25) is 0 Å². The minimum Gasteiger partial charge on any atom is -0.456 e. The molecule has 2 heterocycles. The highest BCUT2D eigenvalue weighted by molar-refractivity contribution is 6.29. The summed E-state index contributed by atoms with van der Waals surface area (Å²) in [5, 5.41) is 12.2. The first-order chi connectivity index (χ1) is 23.8. The first kappa shape index (κ1) is 25.8. The number of hydrogen-bond donors (Lipinski definition) is 0. The average Bonchev–Trinajstić information content (AvgIpc) is 3.72. The van der Waals surface area contributed by atoms with E-state index in [-0.39, 0.29) is 0 Å². The van der Waals surface area contributed by atoms with E-state index in [0.29, 0.717) is 0 Å². The Morgan fingerprint density at radius 1 is 0.292 bits per heavy atom. The van der Waals surface area contributed by atoms with Gasteiger partial charge in [0.25, 0.3) is 0 Å². The summed E-state index contributed by atoms with van der Waals surface area (Å²) in [6.07, 6.45) is 0. The molecule has 222 valence electrons. The SMILES string of the molecule is c1ccc(-c2cccc3c2oc2ccc(-c4ccc5ccc6c(-c7cccc8oc9ccccc9c78)ccc7ccc4c5c76)cc23)cc1. The monoisotopic (exact) mass is 610 g/mol. The number of para-hydroxylation sites is 2. The number of furan rings is 2. The van der Waals surface area contributed by atoms with Gasteiger partial charge in [0.1, 0.15) is 22.3 Å². The van der Waals surface area contributed by atoms with E-state index in [1.165, 1.54) is 60.0 Å². The summed E-state index contributed by atoms with van der Waals surface area (Å²) in [7, 11) is 0. The van der Waals surface area contributed by atoms with Crippen molar-refractivity contribution in [1.82, 2.24) is 0 Å². The van der Waals surface area contributed by atoms with Gasteiger partial charge in [0.15, 0.2) is 0 Å². The Bertz CT molecular complexity index is 3050. The lowest BCUT2D eigenvalue weighted by Crippen LogP contribution is -1.90. The maximum Gasteiger partial charge on any atom is 0.143 e.